The smallest absolute Gasteiger partial charge is 0.227 e. The first kappa shape index (κ1) is 11.6. The molecule has 4 heteroatoms. The van der Waals surface area contributed by atoms with E-state index in [1.54, 1.807) is 0 Å². The van der Waals surface area contributed by atoms with Gasteiger partial charge in [0.05, 0.1) is 0 Å². The Morgan fingerprint density at radius 2 is 2.22 bits per heavy atom. The van der Waals surface area contributed by atoms with Crippen LogP contribution in [0.5, 0.6) is 0 Å². The number of rotatable bonds is 2. The molecule has 0 saturated carbocycles. The first-order valence-corrected chi connectivity index (χ1v) is 6.64. The van der Waals surface area contributed by atoms with Gasteiger partial charge >= 0.3 is 0 Å². The molecule has 1 aliphatic heterocycles. The fraction of sp³-hybridized carbons (Fsp3) is 0.357. The number of aromatic nitrogens is 1. The first-order chi connectivity index (χ1) is 8.69. The number of anilines is 1. The third-order valence-electron chi connectivity index (χ3n) is 3.60. The summed E-state index contributed by atoms with van der Waals surface area (Å²) in [6.07, 6.45) is 2.60. The zero-order chi connectivity index (χ0) is 12.7. The summed E-state index contributed by atoms with van der Waals surface area (Å²) in [7, 11) is 2.02. The minimum Gasteiger partial charge on any atom is -0.351 e. The van der Waals surface area contributed by atoms with Crippen molar-refractivity contribution in [3.63, 3.8) is 0 Å². The maximum Gasteiger partial charge on any atom is 0.227 e. The van der Waals surface area contributed by atoms with Gasteiger partial charge < -0.3 is 9.47 Å². The van der Waals surface area contributed by atoms with Crippen molar-refractivity contribution < 1.29 is 4.79 Å². The SMILES string of the molecule is Cn1ccc2cc(N3CC(CCl)CC3=O)ccc21. The van der Waals surface area contributed by atoms with Crippen LogP contribution in [0.3, 0.4) is 0 Å². The van der Waals surface area contributed by atoms with E-state index in [1.165, 1.54) is 5.52 Å². The Bertz CT molecular complexity index is 605. The molecule has 0 N–H and O–H groups in total. The van der Waals surface area contributed by atoms with Crippen molar-refractivity contribution in [2.75, 3.05) is 17.3 Å². The third-order valence-corrected chi connectivity index (χ3v) is 4.04. The van der Waals surface area contributed by atoms with Crippen LogP contribution >= 0.6 is 11.6 Å². The standard InChI is InChI=1S/C14H15ClN2O/c1-16-5-4-11-7-12(2-3-13(11)16)17-9-10(8-15)6-14(17)18/h2-5,7,10H,6,8-9H2,1H3. The van der Waals surface area contributed by atoms with Crippen LogP contribution in [0.25, 0.3) is 10.9 Å². The van der Waals surface area contributed by atoms with Gasteiger partial charge in [0, 0.05) is 48.7 Å². The van der Waals surface area contributed by atoms with Crippen LogP contribution in [0.15, 0.2) is 30.5 Å². The number of alkyl halides is 1. The molecule has 0 bridgehead atoms. The molecule has 1 unspecified atom stereocenters. The monoisotopic (exact) mass is 262 g/mol. The van der Waals surface area contributed by atoms with Gasteiger partial charge in [0.2, 0.25) is 5.91 Å². The van der Waals surface area contributed by atoms with E-state index in [9.17, 15) is 4.79 Å². The van der Waals surface area contributed by atoms with E-state index in [1.807, 2.05) is 24.2 Å². The molecule has 0 radical (unpaired) electrons. The number of carbonyl (C=O) groups excluding carboxylic acids is 1. The van der Waals surface area contributed by atoms with Crippen LogP contribution in [0, 0.1) is 5.92 Å². The van der Waals surface area contributed by atoms with Crippen molar-refractivity contribution in [2.24, 2.45) is 13.0 Å². The molecule has 1 aromatic carbocycles. The molecule has 1 aliphatic rings. The lowest BCUT2D eigenvalue weighted by Gasteiger charge is -2.16. The Morgan fingerprint density at radius 3 is 2.94 bits per heavy atom. The molecule has 3 nitrogen and oxygen atoms in total. The molecule has 18 heavy (non-hydrogen) atoms. The third kappa shape index (κ3) is 1.79. The van der Waals surface area contributed by atoms with Crippen LogP contribution in [0.1, 0.15) is 6.42 Å². The summed E-state index contributed by atoms with van der Waals surface area (Å²) >= 11 is 5.84. The Kier molecular flexibility index (Phi) is 2.78. The highest BCUT2D eigenvalue weighted by molar-refractivity contribution is 6.18. The average Bonchev–Trinajstić information content (AvgIpc) is 2.93. The van der Waals surface area contributed by atoms with E-state index in [-0.39, 0.29) is 11.8 Å². The molecule has 0 spiro atoms. The van der Waals surface area contributed by atoms with Crippen LogP contribution in [0.2, 0.25) is 0 Å². The molecule has 0 aliphatic carbocycles. The highest BCUT2D eigenvalue weighted by Gasteiger charge is 2.29. The minimum atomic E-state index is 0.177. The van der Waals surface area contributed by atoms with Crippen LogP contribution in [-0.4, -0.2) is 22.9 Å². The zero-order valence-electron chi connectivity index (χ0n) is 10.3. The number of halogens is 1. The molecule has 1 aromatic heterocycles. The second-order valence-electron chi connectivity index (χ2n) is 4.90. The number of amides is 1. The fourth-order valence-electron chi connectivity index (χ4n) is 2.57. The number of nitrogens with zero attached hydrogens (tertiary/aromatic N) is 2. The second-order valence-corrected chi connectivity index (χ2v) is 5.21. The molecule has 1 atom stereocenters. The molecule has 2 aromatic rings. The van der Waals surface area contributed by atoms with Gasteiger partial charge in [-0.2, -0.15) is 0 Å². The van der Waals surface area contributed by atoms with E-state index in [2.05, 4.69) is 22.8 Å². The summed E-state index contributed by atoms with van der Waals surface area (Å²) in [5.41, 5.74) is 2.16. The highest BCUT2D eigenvalue weighted by Crippen LogP contribution is 2.28. The summed E-state index contributed by atoms with van der Waals surface area (Å²) in [4.78, 5) is 13.8. The lowest BCUT2D eigenvalue weighted by atomic mass is 10.1. The lowest BCUT2D eigenvalue weighted by Crippen LogP contribution is -2.24. The molecule has 1 saturated heterocycles. The lowest BCUT2D eigenvalue weighted by molar-refractivity contribution is -0.117. The molecule has 94 valence electrons. The first-order valence-electron chi connectivity index (χ1n) is 6.10. The van der Waals surface area contributed by atoms with Crippen molar-refractivity contribution in [1.29, 1.82) is 0 Å². The Morgan fingerprint density at radius 1 is 1.39 bits per heavy atom. The molecular weight excluding hydrogens is 248 g/mol. The predicted molar refractivity (Wildman–Crippen MR) is 74.1 cm³/mol. The number of carbonyl (C=O) groups is 1. The van der Waals surface area contributed by atoms with Crippen LogP contribution < -0.4 is 4.90 Å². The molecule has 2 heterocycles. The van der Waals surface area contributed by atoms with Gasteiger partial charge in [-0.25, -0.2) is 0 Å². The van der Waals surface area contributed by atoms with Crippen LogP contribution in [-0.2, 0) is 11.8 Å². The van der Waals surface area contributed by atoms with Gasteiger partial charge in [0.15, 0.2) is 0 Å². The maximum absolute atomic E-state index is 11.9. The summed E-state index contributed by atoms with van der Waals surface area (Å²) < 4.78 is 2.08. The minimum absolute atomic E-state index is 0.177. The van der Waals surface area contributed by atoms with Crippen molar-refractivity contribution in [1.82, 2.24) is 4.57 Å². The second kappa shape index (κ2) is 4.32. The van der Waals surface area contributed by atoms with Crippen molar-refractivity contribution >= 4 is 34.1 Å². The summed E-state index contributed by atoms with van der Waals surface area (Å²) in [6, 6.07) is 8.21. The summed E-state index contributed by atoms with van der Waals surface area (Å²) in [6.45, 7) is 0.737. The quantitative estimate of drug-likeness (QED) is 0.764. The van der Waals surface area contributed by atoms with Crippen molar-refractivity contribution in [3.05, 3.63) is 30.5 Å². The topological polar surface area (TPSA) is 25.2 Å². The molecular formula is C14H15ClN2O. The summed E-state index contributed by atoms with van der Waals surface area (Å²) in [5.74, 6) is 1.01. The Hall–Kier alpha value is -1.48. The van der Waals surface area contributed by atoms with E-state index in [0.29, 0.717) is 12.3 Å². The Labute approximate surface area is 111 Å². The van der Waals surface area contributed by atoms with E-state index < -0.39 is 0 Å². The van der Waals surface area contributed by atoms with Gasteiger partial charge in [-0.05, 0) is 30.2 Å². The van der Waals surface area contributed by atoms with Crippen molar-refractivity contribution in [3.8, 4) is 0 Å². The normalized spacial score (nSPS) is 20.0. The Balaban J connectivity index is 1.97. The largest absolute Gasteiger partial charge is 0.351 e. The number of benzene rings is 1. The molecule has 1 fully saturated rings. The zero-order valence-corrected chi connectivity index (χ0v) is 11.0. The highest BCUT2D eigenvalue weighted by atomic mass is 35.5. The van der Waals surface area contributed by atoms with E-state index >= 15 is 0 Å². The van der Waals surface area contributed by atoms with Gasteiger partial charge in [-0.1, -0.05) is 0 Å². The molecule has 1 amide bonds. The number of fused-ring (bicyclic) bond motifs is 1. The summed E-state index contributed by atoms with van der Waals surface area (Å²) in [5, 5.41) is 1.16. The molecule has 3 rings (SSSR count). The number of aryl methyl sites for hydroxylation is 1. The van der Waals surface area contributed by atoms with E-state index in [4.69, 9.17) is 11.6 Å². The van der Waals surface area contributed by atoms with Gasteiger partial charge in [0.1, 0.15) is 0 Å². The number of hydrogen-bond acceptors (Lipinski definition) is 1. The fourth-order valence-corrected chi connectivity index (χ4v) is 2.78. The van der Waals surface area contributed by atoms with Crippen LogP contribution in [0.4, 0.5) is 5.69 Å². The van der Waals surface area contributed by atoms with Crippen molar-refractivity contribution in [2.45, 2.75) is 6.42 Å². The maximum atomic E-state index is 11.9. The van der Waals surface area contributed by atoms with E-state index in [0.717, 1.165) is 17.6 Å². The predicted octanol–water partition coefficient (Wildman–Crippen LogP) is 2.77. The van der Waals surface area contributed by atoms with Gasteiger partial charge in [-0.3, -0.25) is 4.79 Å². The van der Waals surface area contributed by atoms with Gasteiger partial charge in [0.25, 0.3) is 0 Å². The van der Waals surface area contributed by atoms with Gasteiger partial charge in [-0.15, -0.1) is 11.6 Å². The number of hydrogen-bond donors (Lipinski definition) is 0. The average molecular weight is 263 g/mol.